The zero-order chi connectivity index (χ0) is 21.2. The number of para-hydroxylation sites is 2. The average molecular weight is 411 g/mol. The number of furan rings is 1. The topological polar surface area (TPSA) is 105 Å². The lowest BCUT2D eigenvalue weighted by atomic mass is 10.2. The van der Waals surface area contributed by atoms with E-state index in [0.29, 0.717) is 22.7 Å². The number of carbonyl (C=O) groups is 2. The van der Waals surface area contributed by atoms with Gasteiger partial charge in [-0.05, 0) is 30.3 Å². The Labute approximate surface area is 176 Å². The highest BCUT2D eigenvalue weighted by molar-refractivity contribution is 6.07. The Morgan fingerprint density at radius 1 is 0.903 bits per heavy atom. The van der Waals surface area contributed by atoms with Gasteiger partial charge in [0.2, 0.25) is 0 Å². The lowest BCUT2D eigenvalue weighted by Gasteiger charge is -2.09. The van der Waals surface area contributed by atoms with E-state index in [-0.39, 0.29) is 5.69 Å². The molecule has 0 aliphatic carbocycles. The van der Waals surface area contributed by atoms with Crippen LogP contribution >= 0.6 is 0 Å². The number of aromatic nitrogens is 3. The van der Waals surface area contributed by atoms with Crippen LogP contribution in [0.25, 0.3) is 28.0 Å². The number of nitrogens with zero attached hydrogens (tertiary/aromatic N) is 2. The predicted molar refractivity (Wildman–Crippen MR) is 114 cm³/mol. The molecule has 0 fully saturated rings. The number of amides is 2. The molecule has 0 atom stereocenters. The standard InChI is InChI=1S/C23H17N5O3/c29-22(17-14-24-18-10-5-4-9-16(17)18)25-26-23(30)20-13-19(21-11-6-12-31-21)27-28(20)15-7-2-1-3-8-15/h1-14,24H,(H,25,29)(H,26,30). The lowest BCUT2D eigenvalue weighted by Crippen LogP contribution is -2.42. The highest BCUT2D eigenvalue weighted by Crippen LogP contribution is 2.22. The number of fused-ring (bicyclic) bond motifs is 1. The molecular weight excluding hydrogens is 394 g/mol. The van der Waals surface area contributed by atoms with Gasteiger partial charge < -0.3 is 9.40 Å². The summed E-state index contributed by atoms with van der Waals surface area (Å²) >= 11 is 0. The minimum absolute atomic E-state index is 0.247. The molecule has 5 aromatic rings. The second kappa shape index (κ2) is 7.68. The summed E-state index contributed by atoms with van der Waals surface area (Å²) in [6.45, 7) is 0. The van der Waals surface area contributed by atoms with Crippen molar-refractivity contribution in [2.75, 3.05) is 0 Å². The minimum Gasteiger partial charge on any atom is -0.463 e. The van der Waals surface area contributed by atoms with Gasteiger partial charge in [0, 0.05) is 23.2 Å². The van der Waals surface area contributed by atoms with Gasteiger partial charge in [0.15, 0.2) is 5.76 Å². The van der Waals surface area contributed by atoms with Crippen LogP contribution in [-0.4, -0.2) is 26.6 Å². The normalized spacial score (nSPS) is 10.8. The molecule has 0 saturated carbocycles. The summed E-state index contributed by atoms with van der Waals surface area (Å²) in [6, 6.07) is 21.8. The third-order valence-corrected chi connectivity index (χ3v) is 4.84. The molecule has 0 unspecified atom stereocenters. The Kier molecular flexibility index (Phi) is 4.57. The maximum absolute atomic E-state index is 12.9. The number of carbonyl (C=O) groups excluding carboxylic acids is 2. The molecule has 152 valence electrons. The number of aromatic amines is 1. The van der Waals surface area contributed by atoms with Crippen LogP contribution in [0.15, 0.2) is 89.7 Å². The summed E-state index contributed by atoms with van der Waals surface area (Å²) in [5.41, 5.74) is 7.67. The van der Waals surface area contributed by atoms with Crippen molar-refractivity contribution < 1.29 is 14.0 Å². The van der Waals surface area contributed by atoms with Crippen molar-refractivity contribution in [3.63, 3.8) is 0 Å². The van der Waals surface area contributed by atoms with E-state index >= 15 is 0 Å². The first-order valence-corrected chi connectivity index (χ1v) is 9.57. The first-order valence-electron chi connectivity index (χ1n) is 9.57. The smallest absolute Gasteiger partial charge is 0.288 e. The number of benzene rings is 2. The van der Waals surface area contributed by atoms with Crippen molar-refractivity contribution in [2.24, 2.45) is 0 Å². The quantitative estimate of drug-likeness (QED) is 0.392. The SMILES string of the molecule is O=C(NNC(=O)c1cc(-c2ccco2)nn1-c1ccccc1)c1c[nH]c2ccccc12. The van der Waals surface area contributed by atoms with E-state index in [0.717, 1.165) is 10.9 Å². The van der Waals surface area contributed by atoms with E-state index < -0.39 is 11.8 Å². The van der Waals surface area contributed by atoms with E-state index in [1.807, 2.05) is 54.6 Å². The Hall–Kier alpha value is -4.59. The van der Waals surface area contributed by atoms with Crippen LogP contribution in [0.2, 0.25) is 0 Å². The highest BCUT2D eigenvalue weighted by atomic mass is 16.3. The largest absolute Gasteiger partial charge is 0.463 e. The summed E-state index contributed by atoms with van der Waals surface area (Å²) in [5.74, 6) is -0.406. The van der Waals surface area contributed by atoms with Crippen molar-refractivity contribution in [1.82, 2.24) is 25.6 Å². The molecule has 0 aliphatic heterocycles. The molecule has 3 N–H and O–H groups in total. The van der Waals surface area contributed by atoms with E-state index in [4.69, 9.17) is 4.42 Å². The number of hydrazine groups is 1. The number of rotatable bonds is 4. The van der Waals surface area contributed by atoms with Crippen LogP contribution in [0.3, 0.4) is 0 Å². The molecule has 3 heterocycles. The monoisotopic (exact) mass is 411 g/mol. The van der Waals surface area contributed by atoms with Gasteiger partial charge in [-0.2, -0.15) is 5.10 Å². The second-order valence-electron chi connectivity index (χ2n) is 6.80. The third kappa shape index (κ3) is 3.46. The summed E-state index contributed by atoms with van der Waals surface area (Å²) in [7, 11) is 0. The Bertz CT molecular complexity index is 1370. The number of H-pyrrole nitrogens is 1. The molecule has 0 spiro atoms. The first kappa shape index (κ1) is 18.4. The summed E-state index contributed by atoms with van der Waals surface area (Å²) in [5, 5.41) is 5.27. The van der Waals surface area contributed by atoms with Gasteiger partial charge in [-0.3, -0.25) is 20.4 Å². The van der Waals surface area contributed by atoms with Crippen molar-refractivity contribution in [2.45, 2.75) is 0 Å². The fourth-order valence-corrected chi connectivity index (χ4v) is 3.36. The minimum atomic E-state index is -0.512. The van der Waals surface area contributed by atoms with Crippen molar-refractivity contribution >= 4 is 22.7 Å². The van der Waals surface area contributed by atoms with Crippen LogP contribution < -0.4 is 10.9 Å². The van der Waals surface area contributed by atoms with Gasteiger partial charge in [0.1, 0.15) is 11.4 Å². The highest BCUT2D eigenvalue weighted by Gasteiger charge is 2.20. The fraction of sp³-hybridized carbons (Fsp3) is 0. The number of hydrogen-bond donors (Lipinski definition) is 3. The van der Waals surface area contributed by atoms with Gasteiger partial charge in [0.25, 0.3) is 11.8 Å². The zero-order valence-electron chi connectivity index (χ0n) is 16.2. The van der Waals surface area contributed by atoms with E-state index in [1.165, 1.54) is 10.9 Å². The Morgan fingerprint density at radius 3 is 2.48 bits per heavy atom. The predicted octanol–water partition coefficient (Wildman–Crippen LogP) is 3.69. The lowest BCUT2D eigenvalue weighted by molar-refractivity contribution is 0.0843. The molecule has 2 aromatic carbocycles. The first-order chi connectivity index (χ1) is 15.2. The molecule has 5 rings (SSSR count). The van der Waals surface area contributed by atoms with Crippen LogP contribution in [0.1, 0.15) is 20.8 Å². The molecule has 0 aliphatic rings. The average Bonchev–Trinajstić information content (AvgIpc) is 3.56. The second-order valence-corrected chi connectivity index (χ2v) is 6.80. The van der Waals surface area contributed by atoms with E-state index in [1.54, 1.807) is 24.4 Å². The molecule has 2 amide bonds. The van der Waals surface area contributed by atoms with Gasteiger partial charge in [0.05, 0.1) is 17.5 Å². The van der Waals surface area contributed by atoms with Crippen LogP contribution in [0.4, 0.5) is 0 Å². The fourth-order valence-electron chi connectivity index (χ4n) is 3.36. The van der Waals surface area contributed by atoms with E-state index in [9.17, 15) is 9.59 Å². The molecule has 3 aromatic heterocycles. The molecule has 8 nitrogen and oxygen atoms in total. The summed E-state index contributed by atoms with van der Waals surface area (Å²) < 4.78 is 6.92. The van der Waals surface area contributed by atoms with Crippen LogP contribution in [0, 0.1) is 0 Å². The van der Waals surface area contributed by atoms with Crippen molar-refractivity contribution in [3.8, 4) is 17.1 Å². The van der Waals surface area contributed by atoms with Gasteiger partial charge >= 0.3 is 0 Å². The molecule has 0 radical (unpaired) electrons. The summed E-state index contributed by atoms with van der Waals surface area (Å²) in [4.78, 5) is 28.6. The van der Waals surface area contributed by atoms with Crippen molar-refractivity contribution in [3.05, 3.63) is 96.5 Å². The Morgan fingerprint density at radius 2 is 1.68 bits per heavy atom. The number of hydrogen-bond acceptors (Lipinski definition) is 4. The third-order valence-electron chi connectivity index (χ3n) is 4.84. The summed E-state index contributed by atoms with van der Waals surface area (Å²) in [6.07, 6.45) is 3.15. The molecule has 8 heteroatoms. The molecule has 31 heavy (non-hydrogen) atoms. The van der Waals surface area contributed by atoms with Gasteiger partial charge in [-0.25, -0.2) is 4.68 Å². The maximum atomic E-state index is 12.9. The zero-order valence-corrected chi connectivity index (χ0v) is 16.2. The van der Waals surface area contributed by atoms with Crippen molar-refractivity contribution in [1.29, 1.82) is 0 Å². The molecular formula is C23H17N5O3. The van der Waals surface area contributed by atoms with Gasteiger partial charge in [-0.15, -0.1) is 0 Å². The molecule has 0 bridgehead atoms. The Balaban J connectivity index is 1.41. The molecule has 0 saturated heterocycles. The van der Waals surface area contributed by atoms with E-state index in [2.05, 4.69) is 20.9 Å². The van der Waals surface area contributed by atoms with Gasteiger partial charge in [-0.1, -0.05) is 36.4 Å². The van der Waals surface area contributed by atoms with Crippen LogP contribution in [-0.2, 0) is 0 Å². The number of nitrogens with one attached hydrogen (secondary N) is 3. The maximum Gasteiger partial charge on any atom is 0.288 e. The van der Waals surface area contributed by atoms with Crippen LogP contribution in [0.5, 0.6) is 0 Å².